The smallest absolute Gasteiger partial charge is 0.408 e. The van der Waals surface area contributed by atoms with Crippen molar-refractivity contribution in [3.8, 4) is 34.0 Å². The van der Waals surface area contributed by atoms with Crippen molar-refractivity contribution >= 4 is 17.4 Å². The van der Waals surface area contributed by atoms with Crippen molar-refractivity contribution in [2.45, 2.75) is 91.8 Å². The van der Waals surface area contributed by atoms with E-state index in [2.05, 4.69) is 53.2 Å². The molecule has 4 heterocycles. The number of carbonyl (C=O) groups excluding carboxylic acids is 1. The number of ether oxygens (including phenoxy) is 3. The lowest BCUT2D eigenvalue weighted by Crippen LogP contribution is -2.52. The van der Waals surface area contributed by atoms with Crippen molar-refractivity contribution in [1.82, 2.24) is 34.5 Å². The van der Waals surface area contributed by atoms with Gasteiger partial charge in [0.1, 0.15) is 18.8 Å². The molecule has 6 aromatic rings. The van der Waals surface area contributed by atoms with E-state index in [4.69, 9.17) is 19.9 Å². The predicted molar refractivity (Wildman–Crippen MR) is 217 cm³/mol. The van der Waals surface area contributed by atoms with Gasteiger partial charge in [0, 0.05) is 41.2 Å². The number of nitrogens with two attached hydrogens (primary N) is 1. The molecule has 0 saturated carbocycles. The number of fused-ring (bicyclic) bond motifs is 2. The van der Waals surface area contributed by atoms with E-state index in [1.54, 1.807) is 97.1 Å². The fourth-order valence-electron chi connectivity index (χ4n) is 6.73. The van der Waals surface area contributed by atoms with Crippen molar-refractivity contribution in [2.24, 2.45) is 17.6 Å². The molecule has 0 fully saturated rings. The summed E-state index contributed by atoms with van der Waals surface area (Å²) in [6.07, 6.45) is 7.57. The van der Waals surface area contributed by atoms with Crippen LogP contribution in [0.15, 0.2) is 85.5 Å². The van der Waals surface area contributed by atoms with E-state index in [-0.39, 0.29) is 30.6 Å². The number of carbonyl (C=O) groups is 1. The fraction of sp³-hybridized carbons (Fsp3) is 0.419. The summed E-state index contributed by atoms with van der Waals surface area (Å²) in [5.41, 5.74) is 8.63. The summed E-state index contributed by atoms with van der Waals surface area (Å²) >= 11 is 0. The third-order valence-corrected chi connectivity index (χ3v) is 8.68. The fourth-order valence-corrected chi connectivity index (χ4v) is 6.73. The first-order chi connectivity index (χ1) is 26.8. The number of nitrogens with zero attached hydrogens (tertiary/aromatic N) is 6. The highest BCUT2D eigenvalue weighted by Gasteiger charge is 2.31. The maximum absolute atomic E-state index is 14.9. The first kappa shape index (κ1) is 42.5. The lowest BCUT2D eigenvalue weighted by Gasteiger charge is -2.33. The number of hydrogen-bond acceptors (Lipinski definition) is 9. The summed E-state index contributed by atoms with van der Waals surface area (Å²) in [6, 6.07) is 16.8. The van der Waals surface area contributed by atoms with Crippen molar-refractivity contribution in [1.29, 1.82) is 0 Å². The minimum absolute atomic E-state index is 0.0966. The quantitative estimate of drug-likeness (QED) is 0.117. The van der Waals surface area contributed by atoms with Gasteiger partial charge in [0.15, 0.2) is 34.4 Å². The normalized spacial score (nSPS) is 13.9. The predicted octanol–water partition coefficient (Wildman–Crippen LogP) is 8.92. The van der Waals surface area contributed by atoms with Gasteiger partial charge in [-0.2, -0.15) is 10.2 Å². The summed E-state index contributed by atoms with van der Waals surface area (Å²) in [5.74, 6) is 0.136. The van der Waals surface area contributed by atoms with E-state index in [0.29, 0.717) is 34.8 Å². The molecule has 0 aliphatic carbocycles. The molecule has 57 heavy (non-hydrogen) atoms. The second-order valence-corrected chi connectivity index (χ2v) is 16.8. The zero-order valence-electron chi connectivity index (χ0n) is 34.2. The average molecular weight is 785 g/mol. The van der Waals surface area contributed by atoms with Crippen LogP contribution in [0.1, 0.15) is 75.2 Å². The number of hydrogen-bond donors (Lipinski definition) is 2. The minimum atomic E-state index is -0.728. The molecule has 12 nitrogen and oxygen atoms in total. The molecule has 2 atom stereocenters. The zero-order chi connectivity index (χ0) is 41.5. The second-order valence-electron chi connectivity index (χ2n) is 16.8. The van der Waals surface area contributed by atoms with Gasteiger partial charge in [0.2, 0.25) is 0 Å². The lowest BCUT2D eigenvalue weighted by molar-refractivity contribution is 0.0406. The molecule has 304 valence electrons. The Morgan fingerprint density at radius 1 is 0.702 bits per heavy atom. The van der Waals surface area contributed by atoms with Gasteiger partial charge in [0.05, 0.1) is 29.3 Å². The molecule has 1 amide bonds. The van der Waals surface area contributed by atoms with Gasteiger partial charge in [0.25, 0.3) is 0 Å². The highest BCUT2D eigenvalue weighted by Crippen LogP contribution is 2.29. The number of nitrogens with one attached hydrogen (secondary N) is 1. The van der Waals surface area contributed by atoms with Gasteiger partial charge >= 0.3 is 6.09 Å². The van der Waals surface area contributed by atoms with Crippen molar-refractivity contribution < 1.29 is 27.8 Å². The van der Waals surface area contributed by atoms with E-state index in [0.717, 1.165) is 17.8 Å². The molecule has 0 unspecified atom stereocenters. The third-order valence-electron chi connectivity index (χ3n) is 8.68. The van der Waals surface area contributed by atoms with Gasteiger partial charge in [-0.1, -0.05) is 27.7 Å². The highest BCUT2D eigenvalue weighted by molar-refractivity contribution is 5.69. The molecule has 0 spiro atoms. The van der Waals surface area contributed by atoms with E-state index in [1.807, 2.05) is 19.9 Å². The Kier molecular flexibility index (Phi) is 13.2. The Hall–Kier alpha value is -5.63. The topological polar surface area (TPSA) is 143 Å². The van der Waals surface area contributed by atoms with Crippen LogP contribution in [0.25, 0.3) is 33.8 Å². The monoisotopic (exact) mass is 784 g/mol. The number of amides is 1. The van der Waals surface area contributed by atoms with Crippen molar-refractivity contribution in [3.63, 3.8) is 0 Å². The molecular weight excluding hydrogens is 731 g/mol. The van der Waals surface area contributed by atoms with Gasteiger partial charge in [-0.25, -0.2) is 32.6 Å². The molecule has 4 aromatic heterocycles. The van der Waals surface area contributed by atoms with E-state index in [9.17, 15) is 13.6 Å². The zero-order valence-corrected chi connectivity index (χ0v) is 34.2. The van der Waals surface area contributed by atoms with Crippen LogP contribution in [0.4, 0.5) is 13.6 Å². The van der Waals surface area contributed by atoms with Gasteiger partial charge in [-0.05, 0) is 108 Å². The van der Waals surface area contributed by atoms with Crippen LogP contribution >= 0.6 is 0 Å². The molecule has 0 aliphatic rings. The van der Waals surface area contributed by atoms with Gasteiger partial charge < -0.3 is 25.3 Å². The lowest BCUT2D eigenvalue weighted by atomic mass is 9.91. The number of halogens is 2. The molecule has 3 N–H and O–H groups in total. The molecule has 0 aliphatic heterocycles. The third kappa shape index (κ3) is 11.7. The van der Waals surface area contributed by atoms with Crippen LogP contribution in [0, 0.1) is 23.5 Å². The number of rotatable bonds is 13. The van der Waals surface area contributed by atoms with Gasteiger partial charge in [-0.15, -0.1) is 0 Å². The Bertz CT molecular complexity index is 2280. The van der Waals surface area contributed by atoms with E-state index < -0.39 is 34.4 Å². The van der Waals surface area contributed by atoms with E-state index in [1.165, 1.54) is 12.1 Å². The number of aromatic nitrogens is 6. The molecule has 14 heteroatoms. The summed E-state index contributed by atoms with van der Waals surface area (Å²) in [5, 5.41) is 11.4. The molecule has 0 saturated heterocycles. The molecule has 0 radical (unpaired) electrons. The Labute approximate surface area is 332 Å². The highest BCUT2D eigenvalue weighted by atomic mass is 19.1. The molecule has 6 rings (SSSR count). The minimum Gasteiger partial charge on any atom is -0.489 e. The first-order valence-electron chi connectivity index (χ1n) is 19.0. The van der Waals surface area contributed by atoms with Crippen LogP contribution in [0.3, 0.4) is 0 Å². The van der Waals surface area contributed by atoms with Crippen molar-refractivity contribution in [3.05, 3.63) is 97.1 Å². The standard InChI is InChI=1S/C24H31FN4O3.C19H23FN4O/c1-16(2)14-24(6,28-22(30)32-23(3,4)5)15-31-20-8-7-17(13-18(20)25)19-9-11-26-21-10-12-27-29(19)21;1-13(2)11-19(3,21)12-25-17-5-4-14(10-15(17)20)16-6-8-22-18-7-9-23-24(16)18/h7-13,16H,14-15H2,1-6H3,(H,28,30);4-10,13H,11-12,21H2,1-3H3/t24-;19-/m00/s1. The first-order valence-corrected chi connectivity index (χ1v) is 19.0. The second kappa shape index (κ2) is 17.7. The average Bonchev–Trinajstić information content (AvgIpc) is 3.79. The summed E-state index contributed by atoms with van der Waals surface area (Å²) in [4.78, 5) is 20.8. The SMILES string of the molecule is CC(C)C[C@@](C)(COc1ccc(-c2ccnc3ccnn23)cc1F)NC(=O)OC(C)(C)C.CC(C)C[C@](C)(N)COc1ccc(-c2ccnc3ccnn23)cc1F. The van der Waals surface area contributed by atoms with Crippen LogP contribution in [-0.4, -0.2) is 65.2 Å². The van der Waals surface area contributed by atoms with Crippen LogP contribution in [0.2, 0.25) is 0 Å². The van der Waals surface area contributed by atoms with Crippen LogP contribution in [0.5, 0.6) is 11.5 Å². The summed E-state index contributed by atoms with van der Waals surface area (Å²) in [7, 11) is 0. The molecular formula is C43H54F2N8O4. The summed E-state index contributed by atoms with van der Waals surface area (Å²) in [6.45, 7) is 17.9. The number of alkyl carbamates (subject to hydrolysis) is 1. The van der Waals surface area contributed by atoms with Gasteiger partial charge in [-0.3, -0.25) is 0 Å². The maximum Gasteiger partial charge on any atom is 0.408 e. The maximum atomic E-state index is 14.9. The van der Waals surface area contributed by atoms with Crippen molar-refractivity contribution in [2.75, 3.05) is 13.2 Å². The Morgan fingerprint density at radius 3 is 1.61 bits per heavy atom. The number of benzene rings is 2. The van der Waals surface area contributed by atoms with Crippen LogP contribution < -0.4 is 20.5 Å². The van der Waals surface area contributed by atoms with Crippen LogP contribution in [-0.2, 0) is 4.74 Å². The molecule has 2 aromatic carbocycles. The summed E-state index contributed by atoms with van der Waals surface area (Å²) < 4.78 is 49.6. The Balaban J connectivity index is 0.000000224. The van der Waals surface area contributed by atoms with E-state index >= 15 is 0 Å². The molecule has 0 bridgehead atoms. The Morgan fingerprint density at radius 2 is 1.18 bits per heavy atom. The largest absolute Gasteiger partial charge is 0.489 e.